The van der Waals surface area contributed by atoms with Gasteiger partial charge in [-0.1, -0.05) is 0 Å². The van der Waals surface area contributed by atoms with E-state index in [-0.39, 0.29) is 30.2 Å². The molecule has 0 aliphatic carbocycles. The average molecular weight is 369 g/mol. The Hall–Kier alpha value is -2.89. The summed E-state index contributed by atoms with van der Waals surface area (Å²) >= 11 is 0. The first-order valence-corrected chi connectivity index (χ1v) is 9.02. The van der Waals surface area contributed by atoms with E-state index >= 15 is 0 Å². The Bertz CT molecular complexity index is 903. The lowest BCUT2D eigenvalue weighted by Crippen LogP contribution is -2.40. The van der Waals surface area contributed by atoms with Crippen LogP contribution in [0.5, 0.6) is 11.5 Å². The molecule has 0 atom stereocenters. The summed E-state index contributed by atoms with van der Waals surface area (Å²) in [5.74, 6) is 0.722. The maximum absolute atomic E-state index is 13.4. The largest absolute Gasteiger partial charge is 0.454 e. The molecule has 2 aliphatic rings. The van der Waals surface area contributed by atoms with Crippen molar-refractivity contribution in [3.05, 3.63) is 58.9 Å². The summed E-state index contributed by atoms with van der Waals surface area (Å²) in [6.45, 7) is 2.86. The smallest absolute Gasteiger partial charge is 0.253 e. The number of piperidine rings is 1. The van der Waals surface area contributed by atoms with Gasteiger partial charge in [-0.15, -0.1) is 0 Å². The predicted molar refractivity (Wildman–Crippen MR) is 96.7 cm³/mol. The molecule has 0 radical (unpaired) electrons. The van der Waals surface area contributed by atoms with Crippen LogP contribution in [0.25, 0.3) is 0 Å². The van der Waals surface area contributed by atoms with Gasteiger partial charge in [-0.05, 0) is 61.7 Å². The standard InChI is InChI=1S/C21H20FNO4/c1-13-10-15(2-4-17(13)22)20(24)14-6-8-23(9-7-14)21(25)16-3-5-18-19(11-16)27-12-26-18/h2-5,10-11,14H,6-9,12H2,1H3. The van der Waals surface area contributed by atoms with Gasteiger partial charge in [-0.3, -0.25) is 9.59 Å². The molecule has 6 heteroatoms. The zero-order valence-electron chi connectivity index (χ0n) is 15.0. The number of halogens is 1. The summed E-state index contributed by atoms with van der Waals surface area (Å²) in [6, 6.07) is 9.64. The number of hydrogen-bond acceptors (Lipinski definition) is 4. The summed E-state index contributed by atoms with van der Waals surface area (Å²) in [6.07, 6.45) is 1.21. The fourth-order valence-corrected chi connectivity index (χ4v) is 3.59. The minimum Gasteiger partial charge on any atom is -0.454 e. The van der Waals surface area contributed by atoms with E-state index in [1.54, 1.807) is 36.1 Å². The first-order valence-electron chi connectivity index (χ1n) is 9.02. The van der Waals surface area contributed by atoms with Gasteiger partial charge in [0.15, 0.2) is 17.3 Å². The number of likely N-dealkylation sites (tertiary alicyclic amines) is 1. The number of rotatable bonds is 3. The van der Waals surface area contributed by atoms with Crippen LogP contribution in [0.3, 0.4) is 0 Å². The van der Waals surface area contributed by atoms with Crippen molar-refractivity contribution >= 4 is 11.7 Å². The summed E-state index contributed by atoms with van der Waals surface area (Å²) in [7, 11) is 0. The van der Waals surface area contributed by atoms with E-state index in [9.17, 15) is 14.0 Å². The van der Waals surface area contributed by atoms with Crippen LogP contribution in [0.1, 0.15) is 39.1 Å². The summed E-state index contributed by atoms with van der Waals surface area (Å²) in [5, 5.41) is 0. The molecule has 0 saturated carbocycles. The second-order valence-corrected chi connectivity index (χ2v) is 6.96. The molecular formula is C21H20FNO4. The van der Waals surface area contributed by atoms with E-state index in [1.165, 1.54) is 12.1 Å². The van der Waals surface area contributed by atoms with Crippen LogP contribution in [0.15, 0.2) is 36.4 Å². The van der Waals surface area contributed by atoms with Crippen molar-refractivity contribution in [1.82, 2.24) is 4.90 Å². The molecule has 140 valence electrons. The van der Waals surface area contributed by atoms with Gasteiger partial charge in [0, 0.05) is 30.1 Å². The van der Waals surface area contributed by atoms with E-state index in [0.29, 0.717) is 54.1 Å². The van der Waals surface area contributed by atoms with Gasteiger partial charge in [0.25, 0.3) is 5.91 Å². The van der Waals surface area contributed by atoms with E-state index in [2.05, 4.69) is 0 Å². The number of hydrogen-bond donors (Lipinski definition) is 0. The molecule has 2 aromatic rings. The lowest BCUT2D eigenvalue weighted by atomic mass is 9.88. The van der Waals surface area contributed by atoms with Gasteiger partial charge in [-0.2, -0.15) is 0 Å². The molecule has 27 heavy (non-hydrogen) atoms. The molecule has 2 aromatic carbocycles. The zero-order chi connectivity index (χ0) is 19.0. The number of ketones is 1. The number of nitrogens with zero attached hydrogens (tertiary/aromatic N) is 1. The van der Waals surface area contributed by atoms with Gasteiger partial charge in [-0.25, -0.2) is 4.39 Å². The monoisotopic (exact) mass is 369 g/mol. The van der Waals surface area contributed by atoms with Crippen LogP contribution >= 0.6 is 0 Å². The minimum absolute atomic E-state index is 0.0216. The Morgan fingerprint density at radius 2 is 1.70 bits per heavy atom. The van der Waals surface area contributed by atoms with Crippen molar-refractivity contribution in [2.24, 2.45) is 5.92 Å². The van der Waals surface area contributed by atoms with E-state index in [0.717, 1.165) is 0 Å². The van der Waals surface area contributed by atoms with E-state index in [4.69, 9.17) is 9.47 Å². The van der Waals surface area contributed by atoms with Crippen molar-refractivity contribution in [1.29, 1.82) is 0 Å². The van der Waals surface area contributed by atoms with Gasteiger partial charge in [0.05, 0.1) is 0 Å². The highest BCUT2D eigenvalue weighted by molar-refractivity contribution is 5.98. The third kappa shape index (κ3) is 3.39. The topological polar surface area (TPSA) is 55.8 Å². The summed E-state index contributed by atoms with van der Waals surface area (Å²) < 4.78 is 24.0. The Kier molecular flexibility index (Phi) is 4.56. The van der Waals surface area contributed by atoms with Crippen molar-refractivity contribution in [3.63, 3.8) is 0 Å². The normalized spacial score (nSPS) is 16.4. The van der Waals surface area contributed by atoms with E-state index < -0.39 is 0 Å². The minimum atomic E-state index is -0.310. The molecule has 0 aromatic heterocycles. The average Bonchev–Trinajstić information content (AvgIpc) is 3.17. The van der Waals surface area contributed by atoms with Crippen molar-refractivity contribution in [2.75, 3.05) is 19.9 Å². The third-order valence-corrected chi connectivity index (χ3v) is 5.21. The highest BCUT2D eigenvalue weighted by Gasteiger charge is 2.29. The highest BCUT2D eigenvalue weighted by atomic mass is 19.1. The van der Waals surface area contributed by atoms with Crippen molar-refractivity contribution in [3.8, 4) is 11.5 Å². The number of fused-ring (bicyclic) bond motifs is 1. The first kappa shape index (κ1) is 17.5. The number of carbonyl (C=O) groups is 2. The number of amides is 1. The lowest BCUT2D eigenvalue weighted by Gasteiger charge is -2.31. The number of Topliss-reactive ketones (excluding diaryl/α,β-unsaturated/α-hetero) is 1. The van der Waals surface area contributed by atoms with Gasteiger partial charge < -0.3 is 14.4 Å². The molecule has 0 unspecified atom stereocenters. The van der Waals surface area contributed by atoms with Crippen LogP contribution in [0, 0.1) is 18.7 Å². The van der Waals surface area contributed by atoms with Crippen LogP contribution in [-0.4, -0.2) is 36.5 Å². The molecule has 4 rings (SSSR count). The molecule has 0 N–H and O–H groups in total. The number of aryl methyl sites for hydroxylation is 1. The maximum Gasteiger partial charge on any atom is 0.253 e. The first-order chi connectivity index (χ1) is 13.0. The third-order valence-electron chi connectivity index (χ3n) is 5.21. The second kappa shape index (κ2) is 7.02. The fraction of sp³-hybridized carbons (Fsp3) is 0.333. The number of carbonyl (C=O) groups excluding carboxylic acids is 2. The van der Waals surface area contributed by atoms with Crippen molar-refractivity contribution < 1.29 is 23.5 Å². The molecule has 2 heterocycles. The van der Waals surface area contributed by atoms with E-state index in [1.807, 2.05) is 0 Å². The summed E-state index contributed by atoms with van der Waals surface area (Å²) in [4.78, 5) is 27.2. The highest BCUT2D eigenvalue weighted by Crippen LogP contribution is 2.33. The van der Waals surface area contributed by atoms with Crippen LogP contribution in [-0.2, 0) is 0 Å². The summed E-state index contributed by atoms with van der Waals surface area (Å²) in [5.41, 5.74) is 1.56. The van der Waals surface area contributed by atoms with Crippen LogP contribution in [0.2, 0.25) is 0 Å². The lowest BCUT2D eigenvalue weighted by molar-refractivity contribution is 0.0650. The molecule has 1 fully saturated rings. The quantitative estimate of drug-likeness (QED) is 0.776. The SMILES string of the molecule is Cc1cc(C(=O)C2CCN(C(=O)c3ccc4c(c3)OCO4)CC2)ccc1F. The second-order valence-electron chi connectivity index (χ2n) is 6.96. The molecule has 5 nitrogen and oxygen atoms in total. The predicted octanol–water partition coefficient (Wildman–Crippen LogP) is 3.60. The Morgan fingerprint density at radius 3 is 2.44 bits per heavy atom. The van der Waals surface area contributed by atoms with Crippen LogP contribution in [0.4, 0.5) is 4.39 Å². The van der Waals surface area contributed by atoms with Crippen molar-refractivity contribution in [2.45, 2.75) is 19.8 Å². The zero-order valence-corrected chi connectivity index (χ0v) is 15.0. The molecule has 1 saturated heterocycles. The Balaban J connectivity index is 1.40. The van der Waals surface area contributed by atoms with Gasteiger partial charge >= 0.3 is 0 Å². The molecule has 0 bridgehead atoms. The number of benzene rings is 2. The molecule has 1 amide bonds. The molecule has 2 aliphatic heterocycles. The Morgan fingerprint density at radius 1 is 1.00 bits per heavy atom. The number of ether oxygens (including phenoxy) is 2. The fourth-order valence-electron chi connectivity index (χ4n) is 3.59. The van der Waals surface area contributed by atoms with Crippen LogP contribution < -0.4 is 9.47 Å². The molecular weight excluding hydrogens is 349 g/mol. The maximum atomic E-state index is 13.4. The van der Waals surface area contributed by atoms with Gasteiger partial charge in [0.2, 0.25) is 6.79 Å². The molecule has 0 spiro atoms. The van der Waals surface area contributed by atoms with Gasteiger partial charge in [0.1, 0.15) is 5.82 Å². The Labute approximate surface area is 156 Å².